The largest absolute Gasteiger partial charge is 0.486 e. The van der Waals surface area contributed by atoms with Gasteiger partial charge in [-0.05, 0) is 44.9 Å². The maximum Gasteiger partial charge on any atom is 0.309 e. The first-order valence-corrected chi connectivity index (χ1v) is 9.78. The Morgan fingerprint density at radius 2 is 1.93 bits per heavy atom. The number of carbonyl (C=O) groups is 2. The Balaban J connectivity index is 1.41. The SMILES string of the molecule is Cc1cc(C(=O)COC(=O)C2CCC2)c(C)n1CC1COc2ccccc2O1. The third kappa shape index (κ3) is 3.63. The van der Waals surface area contributed by atoms with Crippen LogP contribution in [-0.4, -0.2) is 35.6 Å². The number of nitrogens with zero attached hydrogens (tertiary/aromatic N) is 1. The summed E-state index contributed by atoms with van der Waals surface area (Å²) in [6.07, 6.45) is 2.66. The molecule has 1 aliphatic heterocycles. The molecule has 0 bridgehead atoms. The monoisotopic (exact) mass is 383 g/mol. The van der Waals surface area contributed by atoms with Crippen molar-refractivity contribution < 1.29 is 23.8 Å². The molecule has 0 saturated heterocycles. The van der Waals surface area contributed by atoms with Crippen LogP contribution >= 0.6 is 0 Å². The Labute approximate surface area is 164 Å². The molecule has 0 radical (unpaired) electrons. The molecule has 28 heavy (non-hydrogen) atoms. The highest BCUT2D eigenvalue weighted by molar-refractivity contribution is 5.99. The summed E-state index contributed by atoms with van der Waals surface area (Å²) in [5, 5.41) is 0. The van der Waals surface area contributed by atoms with E-state index in [4.69, 9.17) is 14.2 Å². The molecule has 1 unspecified atom stereocenters. The number of aryl methyl sites for hydroxylation is 1. The lowest BCUT2D eigenvalue weighted by molar-refractivity contribution is -0.150. The predicted molar refractivity (Wildman–Crippen MR) is 103 cm³/mol. The van der Waals surface area contributed by atoms with Crippen molar-refractivity contribution in [3.63, 3.8) is 0 Å². The van der Waals surface area contributed by atoms with E-state index in [-0.39, 0.29) is 30.4 Å². The van der Waals surface area contributed by atoms with E-state index in [2.05, 4.69) is 4.57 Å². The van der Waals surface area contributed by atoms with Gasteiger partial charge in [0.05, 0.1) is 12.5 Å². The molecule has 6 heteroatoms. The first-order valence-electron chi connectivity index (χ1n) is 9.78. The number of carbonyl (C=O) groups excluding carboxylic acids is 2. The predicted octanol–water partition coefficient (Wildman–Crippen LogP) is 3.47. The molecule has 148 valence electrons. The second-order valence-electron chi connectivity index (χ2n) is 7.55. The zero-order valence-corrected chi connectivity index (χ0v) is 16.3. The summed E-state index contributed by atoms with van der Waals surface area (Å²) >= 11 is 0. The van der Waals surface area contributed by atoms with Crippen LogP contribution < -0.4 is 9.47 Å². The zero-order chi connectivity index (χ0) is 19.7. The second kappa shape index (κ2) is 7.70. The Morgan fingerprint density at radius 1 is 1.18 bits per heavy atom. The van der Waals surface area contributed by atoms with Crippen LogP contribution in [0.5, 0.6) is 11.5 Å². The van der Waals surface area contributed by atoms with E-state index >= 15 is 0 Å². The molecule has 2 heterocycles. The van der Waals surface area contributed by atoms with Gasteiger partial charge >= 0.3 is 5.97 Å². The molecule has 0 amide bonds. The van der Waals surface area contributed by atoms with E-state index in [1.54, 1.807) is 0 Å². The maximum absolute atomic E-state index is 12.6. The molecular weight excluding hydrogens is 358 g/mol. The molecule has 6 nitrogen and oxygen atoms in total. The molecule has 0 spiro atoms. The Bertz CT molecular complexity index is 896. The van der Waals surface area contributed by atoms with Gasteiger partial charge in [0.25, 0.3) is 0 Å². The standard InChI is InChI=1S/C22H25NO5/c1-14-10-18(19(24)13-27-22(25)16-6-5-7-16)15(2)23(14)11-17-12-26-20-8-3-4-9-21(20)28-17/h3-4,8-10,16-17H,5-7,11-13H2,1-2H3. The van der Waals surface area contributed by atoms with Gasteiger partial charge in [-0.25, -0.2) is 0 Å². The summed E-state index contributed by atoms with van der Waals surface area (Å²) in [6.45, 7) is 4.71. The smallest absolute Gasteiger partial charge is 0.309 e. The number of benzene rings is 1. The number of Topliss-reactive ketones (excluding diaryl/α,β-unsaturated/α-hetero) is 1. The van der Waals surface area contributed by atoms with E-state index < -0.39 is 0 Å². The van der Waals surface area contributed by atoms with Gasteiger partial charge in [-0.1, -0.05) is 18.6 Å². The summed E-state index contributed by atoms with van der Waals surface area (Å²) in [6, 6.07) is 9.46. The van der Waals surface area contributed by atoms with Crippen molar-refractivity contribution in [1.82, 2.24) is 4.57 Å². The minimum atomic E-state index is -0.250. The number of esters is 1. The van der Waals surface area contributed by atoms with Crippen molar-refractivity contribution in [3.8, 4) is 11.5 Å². The van der Waals surface area contributed by atoms with Gasteiger partial charge < -0.3 is 18.8 Å². The maximum atomic E-state index is 12.6. The van der Waals surface area contributed by atoms with Gasteiger partial charge in [-0.15, -0.1) is 0 Å². The van der Waals surface area contributed by atoms with Crippen LogP contribution in [0.2, 0.25) is 0 Å². The minimum absolute atomic E-state index is 0.0217. The van der Waals surface area contributed by atoms with Gasteiger partial charge in [0.15, 0.2) is 24.2 Å². The Hall–Kier alpha value is -2.76. The van der Waals surface area contributed by atoms with Crippen LogP contribution in [0.3, 0.4) is 0 Å². The van der Waals surface area contributed by atoms with E-state index in [0.717, 1.165) is 42.1 Å². The number of aromatic nitrogens is 1. The van der Waals surface area contributed by atoms with Crippen molar-refractivity contribution in [2.45, 2.75) is 45.8 Å². The minimum Gasteiger partial charge on any atom is -0.486 e. The average molecular weight is 383 g/mol. The number of rotatable bonds is 6. The van der Waals surface area contributed by atoms with Crippen molar-refractivity contribution in [2.75, 3.05) is 13.2 Å². The fraction of sp³-hybridized carbons (Fsp3) is 0.455. The van der Waals surface area contributed by atoms with E-state index in [1.165, 1.54) is 0 Å². The lowest BCUT2D eigenvalue weighted by atomic mass is 9.86. The van der Waals surface area contributed by atoms with Crippen LogP contribution in [0, 0.1) is 19.8 Å². The van der Waals surface area contributed by atoms with E-state index in [9.17, 15) is 9.59 Å². The van der Waals surface area contributed by atoms with Crippen molar-refractivity contribution in [2.24, 2.45) is 5.92 Å². The third-order valence-electron chi connectivity index (χ3n) is 5.61. The first kappa shape index (κ1) is 18.6. The van der Waals surface area contributed by atoms with Crippen molar-refractivity contribution in [3.05, 3.63) is 47.3 Å². The summed E-state index contributed by atoms with van der Waals surface area (Å²) in [5.74, 6) is 1.05. The number of para-hydroxylation sites is 2. The quantitative estimate of drug-likeness (QED) is 0.564. The number of hydrogen-bond donors (Lipinski definition) is 0. The summed E-state index contributed by atoms with van der Waals surface area (Å²) in [7, 11) is 0. The Morgan fingerprint density at radius 3 is 2.64 bits per heavy atom. The normalized spacial score (nSPS) is 18.4. The summed E-state index contributed by atoms with van der Waals surface area (Å²) in [5.41, 5.74) is 2.41. The summed E-state index contributed by atoms with van der Waals surface area (Å²) in [4.78, 5) is 24.4. The van der Waals surface area contributed by atoms with E-state index in [0.29, 0.717) is 18.7 Å². The third-order valence-corrected chi connectivity index (χ3v) is 5.61. The highest BCUT2D eigenvalue weighted by atomic mass is 16.6. The molecule has 2 aromatic rings. The molecule has 2 aliphatic rings. The molecule has 1 aromatic heterocycles. The second-order valence-corrected chi connectivity index (χ2v) is 7.55. The molecule has 1 atom stereocenters. The van der Waals surface area contributed by atoms with Gasteiger partial charge in [0.1, 0.15) is 6.61 Å². The first-order chi connectivity index (χ1) is 13.5. The van der Waals surface area contributed by atoms with Gasteiger partial charge in [0, 0.05) is 17.0 Å². The molecule has 1 fully saturated rings. The van der Waals surface area contributed by atoms with Crippen LogP contribution in [0.1, 0.15) is 41.0 Å². The van der Waals surface area contributed by atoms with Gasteiger partial charge in [-0.3, -0.25) is 9.59 Å². The highest BCUT2D eigenvalue weighted by Crippen LogP contribution is 2.32. The van der Waals surface area contributed by atoms with Crippen LogP contribution in [0.25, 0.3) is 0 Å². The van der Waals surface area contributed by atoms with Gasteiger partial charge in [-0.2, -0.15) is 0 Å². The van der Waals surface area contributed by atoms with Crippen LogP contribution in [0.4, 0.5) is 0 Å². The topological polar surface area (TPSA) is 66.8 Å². The van der Waals surface area contributed by atoms with Crippen molar-refractivity contribution >= 4 is 11.8 Å². The highest BCUT2D eigenvalue weighted by Gasteiger charge is 2.28. The van der Waals surface area contributed by atoms with Gasteiger partial charge in [0.2, 0.25) is 5.78 Å². The number of ketones is 1. The fourth-order valence-electron chi connectivity index (χ4n) is 3.70. The zero-order valence-electron chi connectivity index (χ0n) is 16.3. The summed E-state index contributed by atoms with van der Waals surface area (Å²) < 4.78 is 19.1. The van der Waals surface area contributed by atoms with Crippen LogP contribution in [0.15, 0.2) is 30.3 Å². The molecule has 1 aliphatic carbocycles. The molecule has 1 saturated carbocycles. The number of fused-ring (bicyclic) bond motifs is 1. The molecule has 4 rings (SSSR count). The lowest BCUT2D eigenvalue weighted by Gasteiger charge is -2.27. The molecular formula is C22H25NO5. The number of ether oxygens (including phenoxy) is 3. The van der Waals surface area contributed by atoms with Crippen LogP contribution in [-0.2, 0) is 16.1 Å². The molecule has 0 N–H and O–H groups in total. The van der Waals surface area contributed by atoms with Crippen molar-refractivity contribution in [1.29, 1.82) is 0 Å². The lowest BCUT2D eigenvalue weighted by Crippen LogP contribution is -2.33. The Kier molecular flexibility index (Phi) is 5.11. The fourth-order valence-corrected chi connectivity index (χ4v) is 3.70. The molecule has 1 aromatic carbocycles. The number of hydrogen-bond acceptors (Lipinski definition) is 5. The van der Waals surface area contributed by atoms with E-state index in [1.807, 2.05) is 44.2 Å². The average Bonchev–Trinajstić information content (AvgIpc) is 2.93.